The molecule has 4 rings (SSSR count). The Bertz CT molecular complexity index is 1280. The van der Waals surface area contributed by atoms with Gasteiger partial charge in [0.1, 0.15) is 12.6 Å². The zero-order chi connectivity index (χ0) is 32.0. The minimum absolute atomic E-state index is 0.0408. The van der Waals surface area contributed by atoms with Crippen LogP contribution in [-0.2, 0) is 30.5 Å². The predicted octanol–water partition coefficient (Wildman–Crippen LogP) is 3.67. The van der Waals surface area contributed by atoms with Crippen LogP contribution in [0.5, 0.6) is 0 Å². The maximum atomic E-state index is 13.2. The first-order chi connectivity index (χ1) is 21.8. The van der Waals surface area contributed by atoms with Gasteiger partial charge < -0.3 is 29.9 Å². The maximum Gasteiger partial charge on any atom is 0.410 e. The number of benzene rings is 2. The number of hydrogen-bond donors (Lipinski definition) is 2. The summed E-state index contributed by atoms with van der Waals surface area (Å²) in [5, 5.41) is 5.61. The SMILES string of the molecule is CCOC(=O)C[C@@H](NC(=O)c1ccccc1)C(=O)NC1CCCN(C(=O)CCC2CCN(C(=O)OCc3ccccc3)CC2)C1. The molecule has 2 aliphatic heterocycles. The van der Waals surface area contributed by atoms with Gasteiger partial charge in [0, 0.05) is 44.2 Å². The summed E-state index contributed by atoms with van der Waals surface area (Å²) >= 11 is 0. The monoisotopic (exact) mass is 620 g/mol. The van der Waals surface area contributed by atoms with E-state index >= 15 is 0 Å². The highest BCUT2D eigenvalue weighted by molar-refractivity contribution is 5.98. The average molecular weight is 621 g/mol. The second kappa shape index (κ2) is 17.2. The van der Waals surface area contributed by atoms with Gasteiger partial charge in [-0.05, 0) is 62.6 Å². The molecule has 2 aliphatic rings. The van der Waals surface area contributed by atoms with Crippen LogP contribution in [0, 0.1) is 5.92 Å². The highest BCUT2D eigenvalue weighted by Crippen LogP contribution is 2.24. The van der Waals surface area contributed by atoms with Crippen LogP contribution in [0.2, 0.25) is 0 Å². The van der Waals surface area contributed by atoms with Crippen LogP contribution in [-0.4, -0.2) is 84.5 Å². The van der Waals surface area contributed by atoms with Gasteiger partial charge in [-0.1, -0.05) is 48.5 Å². The third kappa shape index (κ3) is 10.6. The van der Waals surface area contributed by atoms with Crippen LogP contribution >= 0.6 is 0 Å². The number of amides is 4. The Hall–Kier alpha value is -4.41. The van der Waals surface area contributed by atoms with E-state index in [0.29, 0.717) is 50.5 Å². The molecule has 2 heterocycles. The molecule has 0 aromatic heterocycles. The second-order valence-corrected chi connectivity index (χ2v) is 11.6. The Morgan fingerprint density at radius 1 is 0.867 bits per heavy atom. The van der Waals surface area contributed by atoms with Crippen molar-refractivity contribution in [3.63, 3.8) is 0 Å². The fourth-order valence-electron chi connectivity index (χ4n) is 5.75. The van der Waals surface area contributed by atoms with E-state index in [9.17, 15) is 24.0 Å². The summed E-state index contributed by atoms with van der Waals surface area (Å²) in [5.41, 5.74) is 1.33. The number of esters is 1. The zero-order valence-corrected chi connectivity index (χ0v) is 26.0. The van der Waals surface area contributed by atoms with Gasteiger partial charge in [0.25, 0.3) is 5.91 Å². The van der Waals surface area contributed by atoms with Gasteiger partial charge in [0.2, 0.25) is 11.8 Å². The van der Waals surface area contributed by atoms with Crippen LogP contribution in [0.4, 0.5) is 4.79 Å². The molecule has 0 radical (unpaired) electrons. The van der Waals surface area contributed by atoms with Crippen molar-refractivity contribution in [2.45, 2.75) is 70.6 Å². The molecule has 2 aromatic rings. The fourth-order valence-corrected chi connectivity index (χ4v) is 5.75. The Kier molecular flexibility index (Phi) is 12.8. The first kappa shape index (κ1) is 33.5. The molecule has 11 nitrogen and oxygen atoms in total. The Morgan fingerprint density at radius 3 is 2.24 bits per heavy atom. The fraction of sp³-hybridized carbons (Fsp3) is 0.500. The van der Waals surface area contributed by atoms with Crippen LogP contribution in [0.1, 0.15) is 67.8 Å². The van der Waals surface area contributed by atoms with E-state index in [2.05, 4.69) is 10.6 Å². The zero-order valence-electron chi connectivity index (χ0n) is 26.0. The smallest absolute Gasteiger partial charge is 0.410 e. The third-order valence-corrected chi connectivity index (χ3v) is 8.30. The number of ether oxygens (including phenoxy) is 2. The van der Waals surface area contributed by atoms with Crippen molar-refractivity contribution in [1.29, 1.82) is 0 Å². The van der Waals surface area contributed by atoms with E-state index in [1.54, 1.807) is 47.1 Å². The quantitative estimate of drug-likeness (QED) is 0.346. The topological polar surface area (TPSA) is 134 Å². The van der Waals surface area contributed by atoms with Gasteiger partial charge in [-0.25, -0.2) is 4.79 Å². The normalized spacial score (nSPS) is 17.6. The van der Waals surface area contributed by atoms with Crippen molar-refractivity contribution in [3.05, 3.63) is 71.8 Å². The van der Waals surface area contributed by atoms with E-state index in [4.69, 9.17) is 9.47 Å². The molecule has 4 amide bonds. The molecule has 2 N–H and O–H groups in total. The summed E-state index contributed by atoms with van der Waals surface area (Å²) in [4.78, 5) is 67.3. The number of likely N-dealkylation sites (tertiary alicyclic amines) is 2. The number of hydrogen-bond acceptors (Lipinski definition) is 7. The van der Waals surface area contributed by atoms with E-state index in [1.807, 2.05) is 30.3 Å². The lowest BCUT2D eigenvalue weighted by atomic mass is 9.92. The largest absolute Gasteiger partial charge is 0.466 e. The highest BCUT2D eigenvalue weighted by atomic mass is 16.6. The minimum Gasteiger partial charge on any atom is -0.466 e. The number of nitrogens with zero attached hydrogens (tertiary/aromatic N) is 2. The number of rotatable bonds is 12. The summed E-state index contributed by atoms with van der Waals surface area (Å²) in [6.07, 6.45) is 3.61. The molecular formula is C34H44N4O7. The molecule has 2 fully saturated rings. The van der Waals surface area contributed by atoms with Crippen molar-refractivity contribution in [1.82, 2.24) is 20.4 Å². The molecule has 2 aromatic carbocycles. The van der Waals surface area contributed by atoms with Crippen LogP contribution < -0.4 is 10.6 Å². The average Bonchev–Trinajstić information content (AvgIpc) is 3.07. The molecule has 2 atom stereocenters. The second-order valence-electron chi connectivity index (χ2n) is 11.6. The van der Waals surface area contributed by atoms with Crippen molar-refractivity contribution >= 4 is 29.8 Å². The van der Waals surface area contributed by atoms with Crippen LogP contribution in [0.25, 0.3) is 0 Å². The first-order valence-corrected chi connectivity index (χ1v) is 15.9. The molecular weight excluding hydrogens is 576 g/mol. The van der Waals surface area contributed by atoms with E-state index < -0.39 is 23.8 Å². The molecule has 11 heteroatoms. The standard InChI is InChI=1S/C34H44N4O7/c1-2-44-31(40)22-29(36-32(41)27-12-7-4-8-13-27)33(42)35-28-14-9-19-38(23-28)30(39)16-15-25-17-20-37(21-18-25)34(43)45-24-26-10-5-3-6-11-26/h3-8,10-13,25,28-29H,2,9,14-24H2,1H3,(H,35,42)(H,36,41)/t28?,29-/m1/s1. The van der Waals surface area contributed by atoms with E-state index in [1.165, 1.54) is 0 Å². The molecule has 0 spiro atoms. The summed E-state index contributed by atoms with van der Waals surface area (Å²) in [7, 11) is 0. The van der Waals surface area contributed by atoms with Gasteiger partial charge in [0.05, 0.1) is 13.0 Å². The van der Waals surface area contributed by atoms with Gasteiger partial charge in [-0.2, -0.15) is 0 Å². The number of nitrogens with one attached hydrogen (secondary N) is 2. The van der Waals surface area contributed by atoms with Gasteiger partial charge in [0.15, 0.2) is 0 Å². The molecule has 45 heavy (non-hydrogen) atoms. The molecule has 2 saturated heterocycles. The Balaban J connectivity index is 1.20. The van der Waals surface area contributed by atoms with Crippen LogP contribution in [0.3, 0.4) is 0 Å². The van der Waals surface area contributed by atoms with E-state index in [0.717, 1.165) is 31.2 Å². The summed E-state index contributed by atoms with van der Waals surface area (Å²) < 4.78 is 10.5. The van der Waals surface area contributed by atoms with Gasteiger partial charge in [-0.15, -0.1) is 0 Å². The molecule has 0 aliphatic carbocycles. The number of carbonyl (C=O) groups excluding carboxylic acids is 5. The Morgan fingerprint density at radius 2 is 1.56 bits per heavy atom. The third-order valence-electron chi connectivity index (χ3n) is 8.30. The van der Waals surface area contributed by atoms with Gasteiger partial charge in [-0.3, -0.25) is 19.2 Å². The molecule has 0 saturated carbocycles. The van der Waals surface area contributed by atoms with Gasteiger partial charge >= 0.3 is 12.1 Å². The van der Waals surface area contributed by atoms with Crippen LogP contribution in [0.15, 0.2) is 60.7 Å². The summed E-state index contributed by atoms with van der Waals surface area (Å²) in [5.74, 6) is -1.14. The lowest BCUT2D eigenvalue weighted by molar-refractivity contribution is -0.145. The first-order valence-electron chi connectivity index (χ1n) is 15.9. The molecule has 242 valence electrons. The number of piperidine rings is 2. The highest BCUT2D eigenvalue weighted by Gasteiger charge is 2.31. The van der Waals surface area contributed by atoms with Crippen molar-refractivity contribution in [2.24, 2.45) is 5.92 Å². The lowest BCUT2D eigenvalue weighted by Crippen LogP contribution is -2.55. The summed E-state index contributed by atoms with van der Waals surface area (Å²) in [6.45, 7) is 4.30. The predicted molar refractivity (Wildman–Crippen MR) is 167 cm³/mol. The molecule has 1 unspecified atom stereocenters. The van der Waals surface area contributed by atoms with E-state index in [-0.39, 0.29) is 37.7 Å². The van der Waals surface area contributed by atoms with Crippen molar-refractivity contribution in [3.8, 4) is 0 Å². The summed E-state index contributed by atoms with van der Waals surface area (Å²) in [6, 6.07) is 16.7. The Labute approximate surface area is 264 Å². The molecule has 0 bridgehead atoms. The lowest BCUT2D eigenvalue weighted by Gasteiger charge is -2.35. The maximum absolute atomic E-state index is 13.2. The van der Waals surface area contributed by atoms with Crippen molar-refractivity contribution in [2.75, 3.05) is 32.8 Å². The number of carbonyl (C=O) groups is 5. The minimum atomic E-state index is -1.11. The van der Waals surface area contributed by atoms with Crippen molar-refractivity contribution < 1.29 is 33.4 Å².